The second-order valence-corrected chi connectivity index (χ2v) is 7.25. The molecule has 1 unspecified atom stereocenters. The third kappa shape index (κ3) is 4.00. The fourth-order valence-electron chi connectivity index (χ4n) is 3.95. The van der Waals surface area contributed by atoms with Crippen LogP contribution in [0.4, 0.5) is 5.82 Å². The molecule has 2 saturated heterocycles. The molecule has 0 spiro atoms. The summed E-state index contributed by atoms with van der Waals surface area (Å²) in [5.41, 5.74) is 0. The van der Waals surface area contributed by atoms with E-state index in [1.807, 2.05) is 24.2 Å². The number of hydrogen-bond acceptors (Lipinski definition) is 6. The Bertz CT molecular complexity index is 765. The number of amides is 1. The highest BCUT2D eigenvalue weighted by Crippen LogP contribution is 2.24. The van der Waals surface area contributed by atoms with Crippen LogP contribution in [0.15, 0.2) is 23.0 Å². The van der Waals surface area contributed by atoms with E-state index in [0.29, 0.717) is 19.0 Å². The lowest BCUT2D eigenvalue weighted by Crippen LogP contribution is -2.44. The maximum absolute atomic E-state index is 13.1. The zero-order valence-electron chi connectivity index (χ0n) is 15.8. The van der Waals surface area contributed by atoms with Crippen LogP contribution in [0.1, 0.15) is 42.1 Å². The van der Waals surface area contributed by atoms with E-state index in [1.165, 1.54) is 0 Å². The van der Waals surface area contributed by atoms with Crippen LogP contribution >= 0.6 is 0 Å². The molecular formula is C19H27N5O3. The smallest absolute Gasteiger partial charge is 0.292 e. The fraction of sp³-hybridized carbons (Fsp3) is 0.632. The zero-order chi connectivity index (χ0) is 18.6. The van der Waals surface area contributed by atoms with Crippen molar-refractivity contribution in [3.8, 4) is 0 Å². The average Bonchev–Trinajstić information content (AvgIpc) is 3.36. The molecule has 2 aliphatic heterocycles. The van der Waals surface area contributed by atoms with Gasteiger partial charge in [0.25, 0.3) is 5.91 Å². The Morgan fingerprint density at radius 1 is 1.26 bits per heavy atom. The number of piperidine rings is 1. The summed E-state index contributed by atoms with van der Waals surface area (Å²) in [6, 6.07) is 2.00. The molecule has 2 aromatic rings. The van der Waals surface area contributed by atoms with Crippen molar-refractivity contribution < 1.29 is 14.1 Å². The van der Waals surface area contributed by atoms with Crippen LogP contribution in [0.5, 0.6) is 0 Å². The number of nitrogens with zero attached hydrogens (tertiary/aromatic N) is 5. The number of imidazole rings is 1. The molecule has 4 rings (SSSR count). The lowest BCUT2D eigenvalue weighted by atomic mass is 9.99. The van der Waals surface area contributed by atoms with Crippen LogP contribution in [-0.2, 0) is 11.3 Å². The van der Waals surface area contributed by atoms with Gasteiger partial charge in [-0.25, -0.2) is 4.98 Å². The summed E-state index contributed by atoms with van der Waals surface area (Å²) in [5.74, 6) is 2.02. The van der Waals surface area contributed by atoms with Crippen molar-refractivity contribution in [2.75, 3.05) is 37.7 Å². The van der Waals surface area contributed by atoms with Crippen LogP contribution in [0, 0.1) is 6.92 Å². The van der Waals surface area contributed by atoms with Crippen molar-refractivity contribution in [1.29, 1.82) is 0 Å². The van der Waals surface area contributed by atoms with Crippen molar-refractivity contribution in [1.82, 2.24) is 19.6 Å². The van der Waals surface area contributed by atoms with Crippen molar-refractivity contribution in [3.05, 3.63) is 30.0 Å². The molecule has 1 amide bonds. The zero-order valence-corrected chi connectivity index (χ0v) is 15.8. The highest BCUT2D eigenvalue weighted by atomic mass is 16.5. The van der Waals surface area contributed by atoms with Crippen LogP contribution in [0.2, 0.25) is 0 Å². The maximum atomic E-state index is 13.1. The number of rotatable bonds is 5. The van der Waals surface area contributed by atoms with E-state index >= 15 is 0 Å². The second kappa shape index (κ2) is 8.12. The summed E-state index contributed by atoms with van der Waals surface area (Å²) in [5, 5.41) is 4.11. The first kappa shape index (κ1) is 18.0. The molecule has 0 aromatic carbocycles. The topological polar surface area (TPSA) is 76.6 Å². The molecule has 4 heterocycles. The number of likely N-dealkylation sites (tertiary alicyclic amines) is 1. The minimum Gasteiger partial charge on any atom is -0.378 e. The van der Waals surface area contributed by atoms with Crippen LogP contribution < -0.4 is 4.90 Å². The van der Waals surface area contributed by atoms with Crippen LogP contribution in [-0.4, -0.2) is 64.4 Å². The maximum Gasteiger partial charge on any atom is 0.292 e. The highest BCUT2D eigenvalue weighted by molar-refractivity contribution is 5.92. The van der Waals surface area contributed by atoms with Gasteiger partial charge in [0.05, 0.1) is 13.2 Å². The summed E-state index contributed by atoms with van der Waals surface area (Å²) < 4.78 is 12.9. The van der Waals surface area contributed by atoms with Crippen molar-refractivity contribution in [2.24, 2.45) is 0 Å². The molecule has 146 valence electrons. The Labute approximate surface area is 159 Å². The third-order valence-electron chi connectivity index (χ3n) is 5.56. The molecule has 0 radical (unpaired) electrons. The Morgan fingerprint density at radius 2 is 2.11 bits per heavy atom. The van der Waals surface area contributed by atoms with Gasteiger partial charge in [-0.3, -0.25) is 4.79 Å². The van der Waals surface area contributed by atoms with E-state index in [-0.39, 0.29) is 11.9 Å². The van der Waals surface area contributed by atoms with Gasteiger partial charge in [0.1, 0.15) is 5.82 Å². The number of carbonyl (C=O) groups excluding carboxylic acids is 1. The molecule has 1 atom stereocenters. The van der Waals surface area contributed by atoms with Gasteiger partial charge in [0.2, 0.25) is 5.76 Å². The highest BCUT2D eigenvalue weighted by Gasteiger charge is 2.30. The van der Waals surface area contributed by atoms with Crippen molar-refractivity contribution in [3.63, 3.8) is 0 Å². The summed E-state index contributed by atoms with van der Waals surface area (Å²) >= 11 is 0. The van der Waals surface area contributed by atoms with E-state index in [4.69, 9.17) is 9.26 Å². The molecule has 2 aliphatic rings. The first-order valence-electron chi connectivity index (χ1n) is 9.80. The Kier molecular flexibility index (Phi) is 5.42. The Balaban J connectivity index is 1.42. The van der Waals surface area contributed by atoms with Crippen LogP contribution in [0.3, 0.4) is 0 Å². The Hall–Kier alpha value is -2.35. The third-order valence-corrected chi connectivity index (χ3v) is 5.56. The SMILES string of the molecule is Cc1nccn1CCC1CCCCN1C(=O)c1cc(N2CCOCC2)no1. The van der Waals surface area contributed by atoms with Gasteiger partial charge in [-0.05, 0) is 32.6 Å². The van der Waals surface area contributed by atoms with Gasteiger partial charge in [-0.15, -0.1) is 0 Å². The molecular weight excluding hydrogens is 346 g/mol. The summed E-state index contributed by atoms with van der Waals surface area (Å²) in [7, 11) is 0. The first-order valence-corrected chi connectivity index (χ1v) is 9.80. The molecule has 27 heavy (non-hydrogen) atoms. The number of anilines is 1. The quantitative estimate of drug-likeness (QED) is 0.799. The van der Waals surface area contributed by atoms with E-state index in [2.05, 4.69) is 19.6 Å². The van der Waals surface area contributed by atoms with Gasteiger partial charge in [-0.2, -0.15) is 0 Å². The molecule has 0 bridgehead atoms. The summed E-state index contributed by atoms with van der Waals surface area (Å²) in [6.07, 6.45) is 7.97. The Morgan fingerprint density at radius 3 is 2.89 bits per heavy atom. The molecule has 8 nitrogen and oxygen atoms in total. The summed E-state index contributed by atoms with van der Waals surface area (Å²) in [6.45, 7) is 6.56. The second-order valence-electron chi connectivity index (χ2n) is 7.25. The van der Waals surface area contributed by atoms with E-state index in [9.17, 15) is 4.79 Å². The first-order chi connectivity index (χ1) is 13.2. The van der Waals surface area contributed by atoms with E-state index < -0.39 is 0 Å². The summed E-state index contributed by atoms with van der Waals surface area (Å²) in [4.78, 5) is 21.4. The van der Waals surface area contributed by atoms with Crippen LogP contribution in [0.25, 0.3) is 0 Å². The normalized spacial score (nSPS) is 20.9. The minimum atomic E-state index is -0.0472. The number of ether oxygens (including phenoxy) is 1. The van der Waals surface area contributed by atoms with E-state index in [1.54, 1.807) is 6.07 Å². The number of carbonyl (C=O) groups is 1. The minimum absolute atomic E-state index is 0.0472. The molecule has 8 heteroatoms. The molecule has 2 fully saturated rings. The molecule has 0 aliphatic carbocycles. The number of aryl methyl sites for hydroxylation is 2. The van der Waals surface area contributed by atoms with Crippen molar-refractivity contribution >= 4 is 11.7 Å². The number of hydrogen-bond donors (Lipinski definition) is 0. The molecule has 0 saturated carbocycles. The van der Waals surface area contributed by atoms with E-state index in [0.717, 1.165) is 63.5 Å². The van der Waals surface area contributed by atoms with Gasteiger partial charge < -0.3 is 23.6 Å². The fourth-order valence-corrected chi connectivity index (χ4v) is 3.95. The number of aromatic nitrogens is 3. The predicted octanol–water partition coefficient (Wildman–Crippen LogP) is 2.10. The monoisotopic (exact) mass is 373 g/mol. The molecule has 2 aromatic heterocycles. The largest absolute Gasteiger partial charge is 0.378 e. The number of morpholine rings is 1. The van der Waals surface area contributed by atoms with Gasteiger partial charge in [0.15, 0.2) is 5.82 Å². The van der Waals surface area contributed by atoms with Gasteiger partial charge in [-0.1, -0.05) is 5.16 Å². The van der Waals surface area contributed by atoms with Crippen molar-refractivity contribution in [2.45, 2.75) is 45.2 Å². The lowest BCUT2D eigenvalue weighted by Gasteiger charge is -2.35. The molecule has 0 N–H and O–H groups in total. The lowest BCUT2D eigenvalue weighted by molar-refractivity contribution is 0.0553. The predicted molar refractivity (Wildman–Crippen MR) is 99.8 cm³/mol. The standard InChI is InChI=1S/C19H27N5O3/c1-15-20-6-9-22(15)8-5-16-4-2-3-7-24(16)19(25)17-14-18(21-27-17)23-10-12-26-13-11-23/h6,9,14,16H,2-5,7-8,10-13H2,1H3. The van der Waals surface area contributed by atoms with Gasteiger partial charge in [0, 0.05) is 50.7 Å². The van der Waals surface area contributed by atoms with Gasteiger partial charge >= 0.3 is 0 Å². The average molecular weight is 373 g/mol.